The quantitative estimate of drug-likeness (QED) is 0.728. The molecule has 1 aromatic carbocycles. The number of hydrogen-bond acceptors (Lipinski definition) is 2. The van der Waals surface area contributed by atoms with Crippen molar-refractivity contribution in [2.24, 2.45) is 0 Å². The number of carboxylic acid groups (broad SMARTS) is 1. The van der Waals surface area contributed by atoms with Gasteiger partial charge in [0.1, 0.15) is 6.04 Å². The summed E-state index contributed by atoms with van der Waals surface area (Å²) in [4.78, 5) is 11.0. The third kappa shape index (κ3) is 3.12. The zero-order chi connectivity index (χ0) is 11.3. The Morgan fingerprint density at radius 3 is 2.53 bits per heavy atom. The van der Waals surface area contributed by atoms with E-state index in [9.17, 15) is 4.79 Å². The highest BCUT2D eigenvalue weighted by atomic mass is 16.4. The van der Waals surface area contributed by atoms with Crippen LogP contribution in [0.25, 0.3) is 0 Å². The second kappa shape index (κ2) is 5.18. The van der Waals surface area contributed by atoms with Crippen molar-refractivity contribution in [3.63, 3.8) is 0 Å². The van der Waals surface area contributed by atoms with E-state index in [4.69, 9.17) is 11.5 Å². The highest BCUT2D eigenvalue weighted by molar-refractivity contribution is 5.75. The van der Waals surface area contributed by atoms with E-state index in [1.54, 1.807) is 31.2 Å². The molecule has 0 fully saturated rings. The molecule has 2 atom stereocenters. The van der Waals surface area contributed by atoms with Crippen LogP contribution in [0.5, 0.6) is 0 Å². The molecule has 2 unspecified atom stereocenters. The van der Waals surface area contributed by atoms with Crippen molar-refractivity contribution in [3.05, 3.63) is 35.9 Å². The van der Waals surface area contributed by atoms with E-state index in [-0.39, 0.29) is 6.04 Å². The molecular weight excluding hydrogens is 190 g/mol. The number of aliphatic carboxylic acids is 1. The molecule has 0 aliphatic heterocycles. The van der Waals surface area contributed by atoms with Crippen molar-refractivity contribution in [2.45, 2.75) is 19.0 Å². The van der Waals surface area contributed by atoms with Crippen LogP contribution in [0.1, 0.15) is 18.5 Å². The van der Waals surface area contributed by atoms with E-state index in [0.717, 1.165) is 0 Å². The van der Waals surface area contributed by atoms with Crippen LogP contribution >= 0.6 is 0 Å². The number of rotatable bonds is 4. The van der Waals surface area contributed by atoms with Gasteiger partial charge in [0.15, 0.2) is 0 Å². The Bertz CT molecular complexity index is 367. The largest absolute Gasteiger partial charge is 0.480 e. The molecule has 2 N–H and O–H groups in total. The molecule has 0 saturated heterocycles. The lowest BCUT2D eigenvalue weighted by Gasteiger charge is -2.16. The van der Waals surface area contributed by atoms with Gasteiger partial charge in [0.25, 0.3) is 0 Å². The summed E-state index contributed by atoms with van der Waals surface area (Å²) in [5.41, 5.74) is 0.701. The van der Waals surface area contributed by atoms with Crippen molar-refractivity contribution in [2.75, 3.05) is 0 Å². The van der Waals surface area contributed by atoms with E-state index >= 15 is 0 Å². The van der Waals surface area contributed by atoms with Crippen LogP contribution in [0.2, 0.25) is 0 Å². The topological polar surface area (TPSA) is 49.3 Å². The van der Waals surface area contributed by atoms with Crippen molar-refractivity contribution in [1.82, 2.24) is 5.32 Å². The van der Waals surface area contributed by atoms with E-state index in [0.29, 0.717) is 5.56 Å². The molecule has 0 aliphatic carbocycles. The third-order valence-electron chi connectivity index (χ3n) is 2.05. The van der Waals surface area contributed by atoms with Gasteiger partial charge in [-0.15, -0.1) is 6.42 Å². The highest BCUT2D eigenvalue weighted by Crippen LogP contribution is 2.13. The zero-order valence-corrected chi connectivity index (χ0v) is 8.47. The van der Waals surface area contributed by atoms with Gasteiger partial charge in [-0.25, -0.2) is 0 Å². The Kier molecular flexibility index (Phi) is 3.90. The van der Waals surface area contributed by atoms with Crippen LogP contribution in [0.4, 0.5) is 0 Å². The van der Waals surface area contributed by atoms with Gasteiger partial charge in [0, 0.05) is 0 Å². The second-order valence-corrected chi connectivity index (χ2v) is 3.24. The lowest BCUT2D eigenvalue weighted by Crippen LogP contribution is -2.34. The fraction of sp³-hybridized carbons (Fsp3) is 0.250. The predicted molar refractivity (Wildman–Crippen MR) is 58.2 cm³/mol. The van der Waals surface area contributed by atoms with Gasteiger partial charge in [-0.1, -0.05) is 36.3 Å². The van der Waals surface area contributed by atoms with Crippen LogP contribution < -0.4 is 5.32 Å². The minimum atomic E-state index is -0.927. The monoisotopic (exact) mass is 203 g/mol. The lowest BCUT2D eigenvalue weighted by atomic mass is 10.1. The normalized spacial score (nSPS) is 13.9. The molecule has 0 amide bonds. The lowest BCUT2D eigenvalue weighted by molar-refractivity contribution is -0.139. The fourth-order valence-electron chi connectivity index (χ4n) is 1.25. The summed E-state index contributed by atoms with van der Waals surface area (Å²) in [5.74, 6) is 1.52. The van der Waals surface area contributed by atoms with E-state index in [2.05, 4.69) is 11.2 Å². The zero-order valence-electron chi connectivity index (χ0n) is 8.47. The van der Waals surface area contributed by atoms with Crippen LogP contribution in [-0.2, 0) is 4.79 Å². The standard InChI is InChI=1S/C12H13NO2/c1-3-9(2)13-11(12(14)15)10-7-5-4-6-8-10/h1,4-9,11,13H,2H3,(H,14,15). The van der Waals surface area contributed by atoms with E-state index < -0.39 is 12.0 Å². The average Bonchev–Trinajstić information content (AvgIpc) is 2.26. The van der Waals surface area contributed by atoms with Crippen LogP contribution in [-0.4, -0.2) is 17.1 Å². The number of hydrogen-bond donors (Lipinski definition) is 2. The molecule has 0 aliphatic rings. The van der Waals surface area contributed by atoms with Crippen molar-refractivity contribution < 1.29 is 9.90 Å². The minimum absolute atomic E-state index is 0.272. The summed E-state index contributed by atoms with van der Waals surface area (Å²) in [5, 5.41) is 11.9. The maximum atomic E-state index is 11.0. The van der Waals surface area contributed by atoms with Gasteiger partial charge in [0.2, 0.25) is 0 Å². The molecule has 15 heavy (non-hydrogen) atoms. The first-order valence-corrected chi connectivity index (χ1v) is 4.65. The smallest absolute Gasteiger partial charge is 0.325 e. The highest BCUT2D eigenvalue weighted by Gasteiger charge is 2.20. The summed E-state index contributed by atoms with van der Waals surface area (Å²) in [7, 11) is 0. The molecule has 1 rings (SSSR count). The number of terminal acetylenes is 1. The summed E-state index contributed by atoms with van der Waals surface area (Å²) in [6.45, 7) is 1.75. The molecule has 0 spiro atoms. The maximum absolute atomic E-state index is 11.0. The summed E-state index contributed by atoms with van der Waals surface area (Å²) < 4.78 is 0. The first kappa shape index (κ1) is 11.3. The summed E-state index contributed by atoms with van der Waals surface area (Å²) in [6, 6.07) is 7.93. The van der Waals surface area contributed by atoms with Gasteiger partial charge in [0.05, 0.1) is 6.04 Å². The Labute approximate surface area is 89.1 Å². The summed E-state index contributed by atoms with van der Waals surface area (Å²) in [6.07, 6.45) is 5.19. The maximum Gasteiger partial charge on any atom is 0.325 e. The van der Waals surface area contributed by atoms with Crippen LogP contribution in [0.3, 0.4) is 0 Å². The Morgan fingerprint density at radius 1 is 1.47 bits per heavy atom. The van der Waals surface area contributed by atoms with Crippen LogP contribution in [0.15, 0.2) is 30.3 Å². The first-order valence-electron chi connectivity index (χ1n) is 4.65. The number of carboxylic acids is 1. The number of benzene rings is 1. The second-order valence-electron chi connectivity index (χ2n) is 3.24. The van der Waals surface area contributed by atoms with E-state index in [1.165, 1.54) is 0 Å². The third-order valence-corrected chi connectivity index (χ3v) is 2.05. The molecule has 1 aromatic rings. The number of nitrogens with one attached hydrogen (secondary N) is 1. The molecule has 0 aromatic heterocycles. The molecular formula is C12H13NO2. The predicted octanol–water partition coefficient (Wildman–Crippen LogP) is 1.42. The molecule has 3 nitrogen and oxygen atoms in total. The molecule has 3 heteroatoms. The Morgan fingerprint density at radius 2 is 2.07 bits per heavy atom. The van der Waals surface area contributed by atoms with Gasteiger partial charge in [-0.3, -0.25) is 10.1 Å². The Hall–Kier alpha value is -1.79. The molecule has 0 radical (unpaired) electrons. The fourth-order valence-corrected chi connectivity index (χ4v) is 1.25. The van der Waals surface area contributed by atoms with Gasteiger partial charge in [-0.05, 0) is 12.5 Å². The van der Waals surface area contributed by atoms with Gasteiger partial charge in [-0.2, -0.15) is 0 Å². The van der Waals surface area contributed by atoms with Gasteiger partial charge >= 0.3 is 5.97 Å². The van der Waals surface area contributed by atoms with Crippen molar-refractivity contribution in [1.29, 1.82) is 0 Å². The average molecular weight is 203 g/mol. The van der Waals surface area contributed by atoms with Gasteiger partial charge < -0.3 is 5.11 Å². The minimum Gasteiger partial charge on any atom is -0.480 e. The van der Waals surface area contributed by atoms with E-state index in [1.807, 2.05) is 6.07 Å². The summed E-state index contributed by atoms with van der Waals surface area (Å²) >= 11 is 0. The first-order chi connectivity index (χ1) is 7.15. The molecule has 0 saturated carbocycles. The van der Waals surface area contributed by atoms with Crippen molar-refractivity contribution in [3.8, 4) is 12.3 Å². The molecule has 0 bridgehead atoms. The Balaban J connectivity index is 2.85. The molecule has 0 heterocycles. The number of carbonyl (C=O) groups is 1. The molecule has 78 valence electrons. The SMILES string of the molecule is C#CC(C)NC(C(=O)O)c1ccccc1. The van der Waals surface area contributed by atoms with Crippen molar-refractivity contribution >= 4 is 5.97 Å². The van der Waals surface area contributed by atoms with Crippen LogP contribution in [0, 0.1) is 12.3 Å².